The van der Waals surface area contributed by atoms with Gasteiger partial charge in [-0.05, 0) is 0 Å². The number of non-ortho nitro benzene ring substituents is 1. The fourth-order valence-corrected chi connectivity index (χ4v) is 1.78. The van der Waals surface area contributed by atoms with Gasteiger partial charge >= 0.3 is 5.69 Å². The minimum atomic E-state index is -2.80. The molecule has 0 saturated heterocycles. The number of aromatic nitrogens is 2. The Kier molecular flexibility index (Phi) is 5.16. The summed E-state index contributed by atoms with van der Waals surface area (Å²) in [7, 11) is 0. The van der Waals surface area contributed by atoms with Gasteiger partial charge in [0.05, 0.1) is 21.6 Å². The molecule has 1 amide bonds. The number of amides is 1. The molecule has 0 fully saturated rings. The van der Waals surface area contributed by atoms with Crippen molar-refractivity contribution in [2.24, 2.45) is 0 Å². The molecule has 132 valence electrons. The van der Waals surface area contributed by atoms with Crippen molar-refractivity contribution in [1.29, 1.82) is 0 Å². The highest BCUT2D eigenvalue weighted by molar-refractivity contribution is 6.05. The summed E-state index contributed by atoms with van der Waals surface area (Å²) in [5.41, 5.74) is -1.78. The molecule has 0 spiro atoms. The first-order valence-electron chi connectivity index (χ1n) is 6.47. The molecule has 0 bridgehead atoms. The first kappa shape index (κ1) is 17.7. The van der Waals surface area contributed by atoms with Crippen LogP contribution < -0.4 is 10.1 Å². The Morgan fingerprint density at radius 3 is 2.60 bits per heavy atom. The van der Waals surface area contributed by atoms with Gasteiger partial charge in [-0.3, -0.25) is 30.1 Å². The molecule has 11 nitrogen and oxygen atoms in total. The van der Waals surface area contributed by atoms with Crippen LogP contribution in [-0.4, -0.2) is 39.0 Å². The minimum Gasteiger partial charge on any atom is -0.487 e. The van der Waals surface area contributed by atoms with E-state index in [1.807, 2.05) is 0 Å². The van der Waals surface area contributed by atoms with Crippen molar-refractivity contribution in [2.75, 3.05) is 11.9 Å². The van der Waals surface area contributed by atoms with Crippen LogP contribution in [-0.2, 0) is 0 Å². The number of nitro groups is 2. The average Bonchev–Trinajstić information content (AvgIpc) is 3.02. The highest BCUT2D eigenvalue weighted by Gasteiger charge is 2.23. The third-order valence-corrected chi connectivity index (χ3v) is 2.78. The number of hydrogen-bond donors (Lipinski definition) is 2. The number of carbonyl (C=O) groups is 1. The fourth-order valence-electron chi connectivity index (χ4n) is 1.78. The minimum absolute atomic E-state index is 0.174. The number of nitro benzene ring substituents is 1. The first-order valence-corrected chi connectivity index (χ1v) is 6.47. The number of benzene rings is 1. The van der Waals surface area contributed by atoms with Crippen molar-refractivity contribution in [3.8, 4) is 5.75 Å². The summed E-state index contributed by atoms with van der Waals surface area (Å²) in [6.07, 6.45) is -1.98. The monoisotopic (exact) mass is 357 g/mol. The molecule has 0 aliphatic rings. The highest BCUT2D eigenvalue weighted by Crippen LogP contribution is 2.27. The van der Waals surface area contributed by atoms with Crippen molar-refractivity contribution in [2.45, 2.75) is 6.43 Å². The van der Waals surface area contributed by atoms with Gasteiger partial charge in [0.25, 0.3) is 18.0 Å². The molecule has 1 heterocycles. The summed E-state index contributed by atoms with van der Waals surface area (Å²) < 4.78 is 29.1. The Morgan fingerprint density at radius 2 is 2.00 bits per heavy atom. The van der Waals surface area contributed by atoms with Crippen LogP contribution in [0.15, 0.2) is 24.4 Å². The van der Waals surface area contributed by atoms with E-state index in [1.165, 1.54) is 0 Å². The number of alkyl halides is 2. The van der Waals surface area contributed by atoms with E-state index in [0.717, 1.165) is 24.4 Å². The zero-order chi connectivity index (χ0) is 18.6. The van der Waals surface area contributed by atoms with Gasteiger partial charge in [0.15, 0.2) is 0 Å². The summed E-state index contributed by atoms with van der Waals surface area (Å²) >= 11 is 0. The number of hydrogen-bond acceptors (Lipinski definition) is 7. The molecule has 0 saturated carbocycles. The van der Waals surface area contributed by atoms with Gasteiger partial charge in [-0.15, -0.1) is 0 Å². The Morgan fingerprint density at radius 1 is 1.28 bits per heavy atom. The molecule has 0 radical (unpaired) electrons. The van der Waals surface area contributed by atoms with Crippen molar-refractivity contribution >= 4 is 23.0 Å². The van der Waals surface area contributed by atoms with Gasteiger partial charge in [-0.25, -0.2) is 8.78 Å². The summed E-state index contributed by atoms with van der Waals surface area (Å²) in [6, 6.07) is 2.90. The lowest BCUT2D eigenvalue weighted by Crippen LogP contribution is -2.14. The van der Waals surface area contributed by atoms with Crippen molar-refractivity contribution in [1.82, 2.24) is 10.2 Å². The molecule has 1 aromatic heterocycles. The van der Waals surface area contributed by atoms with E-state index in [4.69, 9.17) is 4.74 Å². The Labute approximate surface area is 136 Å². The molecule has 2 rings (SSSR count). The topological polar surface area (TPSA) is 153 Å². The van der Waals surface area contributed by atoms with Crippen LogP contribution in [0.2, 0.25) is 0 Å². The molecule has 2 aromatic rings. The lowest BCUT2D eigenvalue weighted by Gasteiger charge is -2.09. The number of halogens is 2. The van der Waals surface area contributed by atoms with E-state index in [1.54, 1.807) is 0 Å². The van der Waals surface area contributed by atoms with Gasteiger partial charge in [0.2, 0.25) is 5.69 Å². The summed E-state index contributed by atoms with van der Waals surface area (Å²) in [4.78, 5) is 32.0. The maximum atomic E-state index is 12.2. The molecular formula is C12H9F2N5O6. The van der Waals surface area contributed by atoms with E-state index in [9.17, 15) is 33.8 Å². The fraction of sp³-hybridized carbons (Fsp3) is 0.167. The zero-order valence-electron chi connectivity index (χ0n) is 12.1. The van der Waals surface area contributed by atoms with Crippen molar-refractivity contribution in [3.63, 3.8) is 0 Å². The lowest BCUT2D eigenvalue weighted by atomic mass is 10.2. The number of aromatic amines is 1. The molecule has 0 atom stereocenters. The summed E-state index contributed by atoms with van der Waals surface area (Å²) in [6.45, 7) is -0.999. The van der Waals surface area contributed by atoms with Gasteiger partial charge < -0.3 is 10.1 Å². The van der Waals surface area contributed by atoms with Crippen LogP contribution in [0, 0.1) is 20.2 Å². The second-order valence-corrected chi connectivity index (χ2v) is 4.52. The van der Waals surface area contributed by atoms with Gasteiger partial charge in [0, 0.05) is 12.1 Å². The van der Waals surface area contributed by atoms with Gasteiger partial charge in [-0.1, -0.05) is 0 Å². The van der Waals surface area contributed by atoms with Crippen molar-refractivity contribution < 1.29 is 28.2 Å². The van der Waals surface area contributed by atoms with Crippen LogP contribution in [0.4, 0.5) is 25.8 Å². The Bertz CT molecular complexity index is 824. The van der Waals surface area contributed by atoms with E-state index in [-0.39, 0.29) is 11.4 Å². The standard InChI is InChI=1S/C12H9F2N5O6/c13-10(14)5-25-8-2-6(1-7(3-8)18(21)22)16-12(20)11-9(19(23)24)4-15-17-11/h1-4,10H,5H2,(H,15,17)(H,16,20). The van der Waals surface area contributed by atoms with Gasteiger partial charge in [0.1, 0.15) is 18.6 Å². The SMILES string of the molecule is O=C(Nc1cc(OCC(F)F)cc([N+](=O)[O-])c1)c1[nH]ncc1[N+](=O)[O-]. The average molecular weight is 357 g/mol. The van der Waals surface area contributed by atoms with E-state index >= 15 is 0 Å². The lowest BCUT2D eigenvalue weighted by molar-refractivity contribution is -0.385. The van der Waals surface area contributed by atoms with E-state index in [0.29, 0.717) is 0 Å². The quantitative estimate of drug-likeness (QED) is 0.568. The number of nitrogens with one attached hydrogen (secondary N) is 2. The molecular weight excluding hydrogens is 348 g/mol. The molecule has 2 N–H and O–H groups in total. The number of rotatable bonds is 7. The van der Waals surface area contributed by atoms with Crippen LogP contribution in [0.5, 0.6) is 5.75 Å². The predicted octanol–water partition coefficient (Wildman–Crippen LogP) is 2.12. The molecule has 1 aromatic carbocycles. The van der Waals surface area contributed by atoms with Crippen LogP contribution in [0.25, 0.3) is 0 Å². The number of carbonyl (C=O) groups excluding carboxylic acids is 1. The third kappa shape index (κ3) is 4.43. The normalized spacial score (nSPS) is 10.5. The molecule has 25 heavy (non-hydrogen) atoms. The van der Waals surface area contributed by atoms with E-state index < -0.39 is 45.9 Å². The molecule has 0 aliphatic heterocycles. The summed E-state index contributed by atoms with van der Waals surface area (Å²) in [5.74, 6) is -1.27. The zero-order valence-corrected chi connectivity index (χ0v) is 12.1. The predicted molar refractivity (Wildman–Crippen MR) is 77.8 cm³/mol. The van der Waals surface area contributed by atoms with Crippen LogP contribution in [0.3, 0.4) is 0 Å². The van der Waals surface area contributed by atoms with Crippen molar-refractivity contribution in [3.05, 3.63) is 50.3 Å². The van der Waals surface area contributed by atoms with Gasteiger partial charge in [-0.2, -0.15) is 5.10 Å². The number of H-pyrrole nitrogens is 1. The number of anilines is 1. The Balaban J connectivity index is 2.28. The van der Waals surface area contributed by atoms with Crippen LogP contribution in [0.1, 0.15) is 10.5 Å². The maximum absolute atomic E-state index is 12.2. The molecule has 13 heteroatoms. The number of nitrogens with zero attached hydrogens (tertiary/aromatic N) is 3. The molecule has 0 unspecified atom stereocenters. The number of ether oxygens (including phenoxy) is 1. The van der Waals surface area contributed by atoms with Crippen LogP contribution >= 0.6 is 0 Å². The first-order chi connectivity index (χ1) is 11.8. The maximum Gasteiger partial charge on any atom is 0.319 e. The largest absolute Gasteiger partial charge is 0.487 e. The highest BCUT2D eigenvalue weighted by atomic mass is 19.3. The third-order valence-electron chi connectivity index (χ3n) is 2.78. The Hall–Kier alpha value is -3.64. The smallest absolute Gasteiger partial charge is 0.319 e. The second-order valence-electron chi connectivity index (χ2n) is 4.52. The summed E-state index contributed by atoms with van der Waals surface area (Å²) in [5, 5.41) is 29.3. The molecule has 0 aliphatic carbocycles. The second kappa shape index (κ2) is 7.29. The van der Waals surface area contributed by atoms with E-state index in [2.05, 4.69) is 15.5 Å².